The summed E-state index contributed by atoms with van der Waals surface area (Å²) in [7, 11) is 2.22. The number of nitrogens with one attached hydrogen (secondary N) is 1. The van der Waals surface area contributed by atoms with Gasteiger partial charge < -0.3 is 35.4 Å². The van der Waals surface area contributed by atoms with Crippen molar-refractivity contribution >= 4 is 52.3 Å². The van der Waals surface area contributed by atoms with E-state index in [4.69, 9.17) is 22.1 Å². The summed E-state index contributed by atoms with van der Waals surface area (Å²) in [6.45, 7) is 6.92. The molecule has 11 nitrogen and oxygen atoms in total. The number of benzene rings is 1. The quantitative estimate of drug-likeness (QED) is 0.443. The molecule has 1 aromatic heterocycles. The predicted molar refractivity (Wildman–Crippen MR) is 179 cm³/mol. The largest absolute Gasteiger partial charge is 0.436 e. The van der Waals surface area contributed by atoms with Gasteiger partial charge >= 0.3 is 12.1 Å². The maximum Gasteiger partial charge on any atom is 0.410 e. The third-order valence-corrected chi connectivity index (χ3v) is 12.1. The average molecular weight is 670 g/mol. The zero-order valence-electron chi connectivity index (χ0n) is 26.6. The summed E-state index contributed by atoms with van der Waals surface area (Å²) in [5.41, 5.74) is 9.12. The minimum Gasteiger partial charge on any atom is -0.436 e. The minimum atomic E-state index is -0.970. The van der Waals surface area contributed by atoms with Crippen LogP contribution in [0.1, 0.15) is 48.1 Å². The Morgan fingerprint density at radius 3 is 2.43 bits per heavy atom. The summed E-state index contributed by atoms with van der Waals surface area (Å²) < 4.78 is 6.05. The standard InChI is InChI=1S/C33H44ClN7O4S/c1-20-13-21(14-26(34)30(20)35)15-28(31(42)38-8-3-22(4-9-38)40-18-24-16-25(40)17-37(24)2)45-33(44)39-10-5-23(6-11-39)41-19-29-27(7-12-46-29)36-32(41)43/h7,12-14,22-25,28H,3-6,8-11,15-19,35H2,1-2H3,(H,36,43)/t24?,25?,28-/m1/s1. The van der Waals surface area contributed by atoms with Gasteiger partial charge in [0.2, 0.25) is 0 Å². The maximum absolute atomic E-state index is 14.0. The Labute approximate surface area is 279 Å². The van der Waals surface area contributed by atoms with E-state index in [2.05, 4.69) is 22.2 Å². The van der Waals surface area contributed by atoms with Crippen molar-refractivity contribution in [1.82, 2.24) is 24.5 Å². The van der Waals surface area contributed by atoms with Crippen LogP contribution in [0.15, 0.2) is 23.6 Å². The van der Waals surface area contributed by atoms with Crippen LogP contribution in [0.4, 0.5) is 21.0 Å². The van der Waals surface area contributed by atoms with Gasteiger partial charge in [-0.1, -0.05) is 17.7 Å². The molecule has 5 aliphatic heterocycles. The lowest BCUT2D eigenvalue weighted by Crippen LogP contribution is -2.55. The van der Waals surface area contributed by atoms with Crippen LogP contribution in [0, 0.1) is 6.92 Å². The molecular weight excluding hydrogens is 626 g/mol. The number of fused-ring (bicyclic) bond motifs is 3. The molecule has 0 aliphatic carbocycles. The Kier molecular flexibility index (Phi) is 8.81. The summed E-state index contributed by atoms with van der Waals surface area (Å²) in [6.07, 6.45) is 3.16. The van der Waals surface area contributed by atoms with Crippen LogP contribution in [0.25, 0.3) is 0 Å². The van der Waals surface area contributed by atoms with E-state index in [0.717, 1.165) is 47.6 Å². The van der Waals surface area contributed by atoms with E-state index >= 15 is 0 Å². The van der Waals surface area contributed by atoms with Gasteiger partial charge in [0.25, 0.3) is 5.91 Å². The number of piperidine rings is 2. The lowest BCUT2D eigenvalue weighted by atomic mass is 9.99. The Balaban J connectivity index is 0.990. The van der Waals surface area contributed by atoms with E-state index in [1.165, 1.54) is 6.42 Å². The first-order valence-electron chi connectivity index (χ1n) is 16.5. The van der Waals surface area contributed by atoms with Crippen LogP contribution < -0.4 is 11.1 Å². The molecule has 248 valence electrons. The number of urea groups is 1. The fourth-order valence-electron chi connectivity index (χ4n) is 8.14. The van der Waals surface area contributed by atoms with Gasteiger partial charge in [-0.25, -0.2) is 9.59 Å². The first kappa shape index (κ1) is 31.5. The molecule has 3 N–H and O–H groups in total. The molecule has 4 amide bonds. The predicted octanol–water partition coefficient (Wildman–Crippen LogP) is 4.23. The number of amides is 4. The number of rotatable bonds is 6. The number of hydrogen-bond acceptors (Lipinski definition) is 8. The van der Waals surface area contributed by atoms with Crippen LogP contribution in [-0.2, 0) is 22.5 Å². The second kappa shape index (κ2) is 12.9. The molecule has 2 bridgehead atoms. The number of likely N-dealkylation sites (tertiary alicyclic amines) is 4. The fraction of sp³-hybridized carbons (Fsp3) is 0.606. The molecule has 0 saturated carbocycles. The van der Waals surface area contributed by atoms with Gasteiger partial charge in [-0.05, 0) is 74.7 Å². The van der Waals surface area contributed by atoms with E-state index in [0.29, 0.717) is 74.4 Å². The first-order valence-corrected chi connectivity index (χ1v) is 17.8. The molecule has 0 radical (unpaired) electrons. The Morgan fingerprint density at radius 1 is 1.04 bits per heavy atom. The zero-order valence-corrected chi connectivity index (χ0v) is 28.2. The lowest BCUT2D eigenvalue weighted by Gasteiger charge is -2.42. The second-order valence-corrected chi connectivity index (χ2v) is 15.1. The molecule has 6 heterocycles. The molecule has 5 aliphatic rings. The molecule has 3 atom stereocenters. The van der Waals surface area contributed by atoms with Crippen molar-refractivity contribution in [2.75, 3.05) is 57.4 Å². The number of piperazine rings is 1. The number of nitrogens with two attached hydrogens (primary N) is 1. The van der Waals surface area contributed by atoms with Crippen LogP contribution >= 0.6 is 22.9 Å². The number of halogens is 1. The Hall–Kier alpha value is -3.06. The Bertz CT molecular complexity index is 1460. The third kappa shape index (κ3) is 6.16. The molecule has 0 spiro atoms. The highest BCUT2D eigenvalue weighted by molar-refractivity contribution is 7.10. The summed E-state index contributed by atoms with van der Waals surface area (Å²) in [5.74, 6) is -0.160. The molecule has 2 unspecified atom stereocenters. The lowest BCUT2D eigenvalue weighted by molar-refractivity contribution is -0.142. The van der Waals surface area contributed by atoms with Gasteiger partial charge in [0.15, 0.2) is 6.10 Å². The summed E-state index contributed by atoms with van der Waals surface area (Å²) in [5, 5.41) is 5.40. The first-order chi connectivity index (χ1) is 22.1. The van der Waals surface area contributed by atoms with Crippen LogP contribution in [0.3, 0.4) is 0 Å². The number of carbonyl (C=O) groups excluding carboxylic acids is 3. The molecule has 46 heavy (non-hydrogen) atoms. The van der Waals surface area contributed by atoms with Crippen LogP contribution in [-0.4, -0.2) is 119 Å². The highest BCUT2D eigenvalue weighted by Crippen LogP contribution is 2.35. The number of ether oxygens (including phenoxy) is 1. The van der Waals surface area contributed by atoms with Gasteiger partial charge in [-0.2, -0.15) is 0 Å². The number of nitrogen functional groups attached to an aromatic ring is 1. The van der Waals surface area contributed by atoms with E-state index in [9.17, 15) is 14.4 Å². The van der Waals surface area contributed by atoms with Crippen molar-refractivity contribution < 1.29 is 19.1 Å². The van der Waals surface area contributed by atoms with E-state index < -0.39 is 12.2 Å². The molecule has 1 aromatic carbocycles. The average Bonchev–Trinajstić information content (AvgIpc) is 3.78. The van der Waals surface area contributed by atoms with Gasteiger partial charge in [0.1, 0.15) is 0 Å². The number of anilines is 2. The van der Waals surface area contributed by atoms with Gasteiger partial charge in [0.05, 0.1) is 22.9 Å². The smallest absolute Gasteiger partial charge is 0.410 e. The monoisotopic (exact) mass is 669 g/mol. The van der Waals surface area contributed by atoms with Crippen molar-refractivity contribution in [1.29, 1.82) is 0 Å². The number of thiophene rings is 1. The summed E-state index contributed by atoms with van der Waals surface area (Å²) >= 11 is 8.04. The van der Waals surface area contributed by atoms with E-state index in [1.54, 1.807) is 22.3 Å². The Morgan fingerprint density at radius 2 is 1.76 bits per heavy atom. The molecule has 4 fully saturated rings. The minimum absolute atomic E-state index is 0.0316. The molecule has 7 rings (SSSR count). The van der Waals surface area contributed by atoms with Crippen LogP contribution in [0.2, 0.25) is 5.02 Å². The van der Waals surface area contributed by atoms with Crippen molar-refractivity contribution in [3.05, 3.63) is 44.6 Å². The third-order valence-electron chi connectivity index (χ3n) is 10.9. The number of aryl methyl sites for hydroxylation is 1. The molecule has 4 saturated heterocycles. The molecular formula is C33H44ClN7O4S. The van der Waals surface area contributed by atoms with Gasteiger partial charge in [-0.3, -0.25) is 9.69 Å². The summed E-state index contributed by atoms with van der Waals surface area (Å²) in [4.78, 5) is 52.1. The highest BCUT2D eigenvalue weighted by Gasteiger charge is 2.45. The van der Waals surface area contributed by atoms with E-state index in [-0.39, 0.29) is 24.4 Å². The highest BCUT2D eigenvalue weighted by atomic mass is 35.5. The van der Waals surface area contributed by atoms with E-state index in [1.807, 2.05) is 34.2 Å². The second-order valence-electron chi connectivity index (χ2n) is 13.7. The molecule has 2 aromatic rings. The van der Waals surface area contributed by atoms with Crippen LogP contribution in [0.5, 0.6) is 0 Å². The number of likely N-dealkylation sites (N-methyl/N-ethyl adjacent to an activating group) is 1. The van der Waals surface area contributed by atoms with Crippen molar-refractivity contribution in [2.45, 2.75) is 82.3 Å². The molecule has 13 heteroatoms. The number of nitrogens with zero attached hydrogens (tertiary/aromatic N) is 5. The number of hydrogen-bond donors (Lipinski definition) is 2. The SMILES string of the molecule is Cc1cc(C[C@@H](OC(=O)N2CCC(N3Cc4sccc4NC3=O)CC2)C(=O)N2CCC(N3CC4CC3CN4C)CC2)cc(Cl)c1N. The maximum atomic E-state index is 14.0. The van der Waals surface area contributed by atoms with Crippen molar-refractivity contribution in [3.63, 3.8) is 0 Å². The normalized spacial score (nSPS) is 25.1. The topological polar surface area (TPSA) is 115 Å². The summed E-state index contributed by atoms with van der Waals surface area (Å²) in [6, 6.07) is 7.31. The fourth-order valence-corrected chi connectivity index (χ4v) is 9.26. The van der Waals surface area contributed by atoms with Gasteiger partial charge in [-0.15, -0.1) is 11.3 Å². The van der Waals surface area contributed by atoms with Crippen molar-refractivity contribution in [3.8, 4) is 0 Å². The number of carbonyl (C=O) groups is 3. The van der Waals surface area contributed by atoms with Crippen molar-refractivity contribution in [2.24, 2.45) is 0 Å². The van der Waals surface area contributed by atoms with Gasteiger partial charge in [0, 0.05) is 74.7 Å². The zero-order chi connectivity index (χ0) is 32.1.